The van der Waals surface area contributed by atoms with Gasteiger partial charge in [-0.15, -0.1) is 0 Å². The summed E-state index contributed by atoms with van der Waals surface area (Å²) in [6.07, 6.45) is 0. The van der Waals surface area contributed by atoms with Gasteiger partial charge in [0.2, 0.25) is 0 Å². The summed E-state index contributed by atoms with van der Waals surface area (Å²) in [6.45, 7) is 54.7. The van der Waals surface area contributed by atoms with Crippen LogP contribution < -0.4 is 26.2 Å². The van der Waals surface area contributed by atoms with Crippen LogP contribution in [0.5, 0.6) is 0 Å². The quantitative estimate of drug-likeness (QED) is 0.149. The number of hydrogen-bond donors (Lipinski definition) is 0. The summed E-state index contributed by atoms with van der Waals surface area (Å²) in [5, 5.41) is 10.3. The molecule has 24 rings (SSSR count). The second-order valence-corrected chi connectivity index (χ2v) is 47.3. The van der Waals surface area contributed by atoms with Crippen molar-refractivity contribution in [2.45, 2.75) is 209 Å². The first-order valence-corrected chi connectivity index (χ1v) is 48.7. The number of benzene rings is 16. The molecular weight excluding hydrogens is 1660 g/mol. The molecule has 16 aromatic carbocycles. The van der Waals surface area contributed by atoms with Crippen LogP contribution in [0.25, 0.3) is 165 Å². The fraction of sp³-hybridized carbons (Fsp3) is 0.250. The first kappa shape index (κ1) is 77.2. The second kappa shape index (κ2) is 29.3. The number of anilines is 6. The van der Waals surface area contributed by atoms with Crippen LogP contribution in [0.15, 0.2) is 306 Å². The molecule has 0 bridgehead atoms. The molecule has 0 amide bonds. The zero-order chi connectivity index (χ0) is 102. The number of hydrogen-bond acceptors (Lipinski definition) is 4. The number of aromatic nitrogens is 4. The van der Waals surface area contributed by atoms with E-state index in [1.807, 2.05) is 18.2 Å². The van der Waals surface area contributed by atoms with Crippen molar-refractivity contribution in [3.05, 3.63) is 342 Å². The van der Waals surface area contributed by atoms with Crippen molar-refractivity contribution in [1.29, 1.82) is 0 Å². The molecular formula is C128H121BN6O2. The minimum absolute atomic E-state index is 0.00428. The molecule has 2 aliphatic heterocycles. The van der Waals surface area contributed by atoms with Crippen molar-refractivity contribution < 1.29 is 19.8 Å². The normalized spacial score (nSPS) is 14.6. The highest BCUT2D eigenvalue weighted by Crippen LogP contribution is 2.55. The van der Waals surface area contributed by atoms with Gasteiger partial charge in [0.15, 0.2) is 22.3 Å². The van der Waals surface area contributed by atoms with Crippen LogP contribution in [0.4, 0.5) is 34.1 Å². The summed E-state index contributed by atoms with van der Waals surface area (Å²) in [7, 11) is 0. The van der Waals surface area contributed by atoms with Crippen molar-refractivity contribution >= 4 is 188 Å². The van der Waals surface area contributed by atoms with Gasteiger partial charge in [-0.05, 0) is 261 Å². The van der Waals surface area contributed by atoms with Crippen molar-refractivity contribution in [2.75, 3.05) is 9.80 Å². The molecule has 0 saturated carbocycles. The average molecular weight is 1790 g/mol. The van der Waals surface area contributed by atoms with Crippen molar-refractivity contribution in [3.8, 4) is 33.9 Å². The van der Waals surface area contributed by atoms with Gasteiger partial charge in [0.05, 0.1) is 77.8 Å². The molecule has 2 aliphatic rings. The molecule has 22 aromatic rings. The third-order valence-electron chi connectivity index (χ3n) is 30.0. The monoisotopic (exact) mass is 1790 g/mol. The largest absolute Gasteiger partial charge is 0.452 e. The highest BCUT2D eigenvalue weighted by atomic mass is 16.3. The smallest absolute Gasteiger partial charge is 0.252 e. The lowest BCUT2D eigenvalue weighted by Gasteiger charge is -2.44. The Kier molecular flexibility index (Phi) is 16.5. The van der Waals surface area contributed by atoms with Gasteiger partial charge in [-0.3, -0.25) is 0 Å². The van der Waals surface area contributed by atoms with E-state index in [9.17, 15) is 8.22 Å². The molecule has 0 unspecified atom stereocenters. The number of rotatable bonds is 7. The molecule has 0 radical (unpaired) electrons. The van der Waals surface area contributed by atoms with E-state index in [1.165, 1.54) is 66.1 Å². The summed E-state index contributed by atoms with van der Waals surface area (Å²) < 4.78 is 101. The summed E-state index contributed by atoms with van der Waals surface area (Å²) in [5.41, 5.74) is 30.7. The maximum Gasteiger partial charge on any atom is 0.252 e. The predicted octanol–water partition coefficient (Wildman–Crippen LogP) is 34.0. The molecule has 678 valence electrons. The molecule has 0 fully saturated rings. The van der Waals surface area contributed by atoms with E-state index in [0.717, 1.165) is 139 Å². The molecule has 0 aliphatic carbocycles. The van der Waals surface area contributed by atoms with Crippen molar-refractivity contribution in [2.24, 2.45) is 0 Å². The summed E-state index contributed by atoms with van der Waals surface area (Å²) in [6, 6.07) is 90.6. The molecule has 0 N–H and O–H groups in total. The zero-order valence-electron chi connectivity index (χ0n) is 91.2. The van der Waals surface area contributed by atoms with E-state index in [0.29, 0.717) is 33.5 Å². The number of nitrogens with zero attached hydrogens (tertiary/aromatic N) is 6. The molecule has 8 nitrogen and oxygen atoms in total. The average Bonchev–Trinajstić information content (AvgIpc) is 1.56. The maximum absolute atomic E-state index is 9.84. The third kappa shape index (κ3) is 13.3. The van der Waals surface area contributed by atoms with E-state index in [1.54, 1.807) is 4.57 Å². The van der Waals surface area contributed by atoms with Crippen LogP contribution in [-0.2, 0) is 43.3 Å². The number of para-hydroxylation sites is 6. The fourth-order valence-corrected chi connectivity index (χ4v) is 22.2. The third-order valence-corrected chi connectivity index (χ3v) is 30.0. The second-order valence-electron chi connectivity index (χ2n) is 47.3. The van der Waals surface area contributed by atoms with Gasteiger partial charge < -0.3 is 36.9 Å². The topological polar surface area (TPSA) is 52.5 Å². The molecule has 9 heteroatoms. The van der Waals surface area contributed by atoms with Gasteiger partial charge in [0.25, 0.3) is 6.71 Å². The van der Waals surface area contributed by atoms with Crippen LogP contribution in [-0.4, -0.2) is 25.0 Å². The zero-order valence-corrected chi connectivity index (χ0v) is 83.2. The first-order valence-electron chi connectivity index (χ1n) is 52.7. The molecule has 0 spiro atoms. The summed E-state index contributed by atoms with van der Waals surface area (Å²) in [5.74, 6) is 0. The van der Waals surface area contributed by atoms with Crippen molar-refractivity contribution in [1.82, 2.24) is 18.3 Å². The predicted molar refractivity (Wildman–Crippen MR) is 587 cm³/mol. The Morgan fingerprint density at radius 1 is 0.212 bits per heavy atom. The van der Waals surface area contributed by atoms with Gasteiger partial charge >= 0.3 is 0 Å². The Balaban J connectivity index is 0.855. The van der Waals surface area contributed by atoms with E-state index in [-0.39, 0.29) is 65.1 Å². The van der Waals surface area contributed by atoms with E-state index in [2.05, 4.69) is 420 Å². The van der Waals surface area contributed by atoms with Crippen LogP contribution in [0.2, 0.25) is 0 Å². The van der Waals surface area contributed by atoms with Gasteiger partial charge in [-0.2, -0.15) is 0 Å². The highest BCUT2D eigenvalue weighted by Gasteiger charge is 2.46. The molecule has 6 aromatic heterocycles. The van der Waals surface area contributed by atoms with Crippen LogP contribution >= 0.6 is 0 Å². The Bertz CT molecular complexity index is 8950. The van der Waals surface area contributed by atoms with Gasteiger partial charge in [-0.1, -0.05) is 318 Å². The molecule has 137 heavy (non-hydrogen) atoms. The van der Waals surface area contributed by atoms with E-state index < -0.39 is 55.1 Å². The van der Waals surface area contributed by atoms with Crippen molar-refractivity contribution in [3.63, 3.8) is 0 Å². The number of furan rings is 2. The van der Waals surface area contributed by atoms with E-state index >= 15 is 0 Å². The lowest BCUT2D eigenvalue weighted by atomic mass is 9.33. The maximum atomic E-state index is 9.84. The minimum atomic E-state index is -0.519. The first-order chi connectivity index (χ1) is 68.3. The highest BCUT2D eigenvalue weighted by molar-refractivity contribution is 7.00. The van der Waals surface area contributed by atoms with Gasteiger partial charge in [0.1, 0.15) is 0 Å². The standard InChI is InChI=1S/C128H121BN6O2/c1-121(2,3)76-45-55-102-92(66-76)93-67-77(122(4,5)6)46-56-103(93)130(102)84-51-53-98-112(72-84)134(110-43-31-37-90-88-35-29-41-108(117(88)136-119(90)110)132-100-39-27-25-33-86(100)87-34-26-28-40-101(87)132)114-63-75(74-61-82(127(19,20)21)65-83(62-74)128(22,23)24)64-115-116(114)129(98)99-54-52-85(131-104-57-47-78(123(7,8)9)68-94(104)95-69-79(124(10,11)12)48-58-105(95)131)73-113(99)135(115)111-44-32-38-91-89-36-30-42-109(118(89)137-120(91)111)133-106-59-49-80(125(13,14)15)70-96(106)97-71-81(126(16,17)18)50-60-107(97)133/h25-73H,1-24H3/i25D,26D,27D,28D,33D,34D,39D,40D. The van der Waals surface area contributed by atoms with Crippen LogP contribution in [0, 0.1) is 0 Å². The molecule has 8 heterocycles. The molecule has 0 atom stereocenters. The van der Waals surface area contributed by atoms with Gasteiger partial charge in [0, 0.05) is 98.8 Å². The minimum Gasteiger partial charge on any atom is -0.452 e. The lowest BCUT2D eigenvalue weighted by molar-refractivity contribution is 0.569. The van der Waals surface area contributed by atoms with Gasteiger partial charge in [-0.25, -0.2) is 0 Å². The summed E-state index contributed by atoms with van der Waals surface area (Å²) >= 11 is 0. The van der Waals surface area contributed by atoms with Crippen LogP contribution in [0.3, 0.4) is 0 Å². The Hall–Kier alpha value is -14.0. The Labute approximate surface area is 816 Å². The lowest BCUT2D eigenvalue weighted by Crippen LogP contribution is -2.61. The molecule has 0 saturated heterocycles. The fourth-order valence-electron chi connectivity index (χ4n) is 22.2. The number of fused-ring (bicyclic) bond motifs is 22. The Morgan fingerprint density at radius 3 is 0.788 bits per heavy atom. The summed E-state index contributed by atoms with van der Waals surface area (Å²) in [4.78, 5) is 5.00. The SMILES string of the molecule is [2H]c1c([2H])c([2H])c2c(c1[2H])c1c([2H])c([2H])c([2H])c([2H])c1n2-c1cccc2c1oc1c(N3c4cc(-n5c6ccc(C(C)(C)C)cc6c6cc(C(C)(C)C)ccc65)ccc4B4c5ccc(-n6c7ccc(C(C)(C)C)cc7c7cc(C(C)(C)C)ccc76)cc5N(c5cccc6c5oc5c(-n7c8ccc(C(C)(C)C)cc8c8cc(C(C)(C)C)ccc87)cccc56)c5cc(-c6cc(C(C)(C)C)cc(C(C)(C)C)c6)cc3c54)cccc12. The Morgan fingerprint density at radius 2 is 0.482 bits per heavy atom. The van der Waals surface area contributed by atoms with Crippen LogP contribution in [0.1, 0.15) is 222 Å². The van der Waals surface area contributed by atoms with E-state index in [4.69, 9.17) is 11.6 Å².